The Morgan fingerprint density at radius 2 is 2.15 bits per heavy atom. The second-order valence-corrected chi connectivity index (χ2v) is 3.98. The molecule has 1 aliphatic carbocycles. The van der Waals surface area contributed by atoms with Gasteiger partial charge in [0.2, 0.25) is 0 Å². The molecule has 2 rings (SSSR count). The van der Waals surface area contributed by atoms with Crippen LogP contribution in [-0.4, -0.2) is 7.11 Å². The van der Waals surface area contributed by atoms with Crippen LogP contribution in [0.1, 0.15) is 24.5 Å². The number of aryl methyl sites for hydroxylation is 1. The molecule has 0 bridgehead atoms. The van der Waals surface area contributed by atoms with Crippen molar-refractivity contribution in [2.45, 2.75) is 26.2 Å². The average molecular weight is 176 g/mol. The molecule has 0 unspecified atom stereocenters. The summed E-state index contributed by atoms with van der Waals surface area (Å²) in [5.41, 5.74) is 3.00. The van der Waals surface area contributed by atoms with E-state index in [1.807, 2.05) is 0 Å². The zero-order valence-corrected chi connectivity index (χ0v) is 8.34. The Hall–Kier alpha value is -0.980. The van der Waals surface area contributed by atoms with Crippen LogP contribution in [0.25, 0.3) is 0 Å². The number of rotatable bonds is 1. The first-order valence-electron chi connectivity index (χ1n) is 4.95. The molecule has 1 nitrogen and oxygen atoms in total. The van der Waals surface area contributed by atoms with Gasteiger partial charge in [-0.25, -0.2) is 0 Å². The van der Waals surface area contributed by atoms with Crippen LogP contribution in [0.15, 0.2) is 18.2 Å². The number of hydrogen-bond donors (Lipinski definition) is 0. The third kappa shape index (κ3) is 1.69. The molecule has 1 aliphatic rings. The topological polar surface area (TPSA) is 9.23 Å². The lowest BCUT2D eigenvalue weighted by atomic mass is 9.85. The minimum atomic E-state index is 0.848. The van der Waals surface area contributed by atoms with Gasteiger partial charge in [0.05, 0.1) is 7.11 Å². The summed E-state index contributed by atoms with van der Waals surface area (Å²) in [5, 5.41) is 0. The Morgan fingerprint density at radius 1 is 1.31 bits per heavy atom. The Bertz CT molecular complexity index is 304. The van der Waals surface area contributed by atoms with Crippen LogP contribution in [0.3, 0.4) is 0 Å². The SMILES string of the molecule is COc1ccc2c(c1)CC[C@H](C)C2. The highest BCUT2D eigenvalue weighted by molar-refractivity contribution is 5.37. The normalized spacial score (nSPS) is 20.9. The molecule has 1 aromatic carbocycles. The van der Waals surface area contributed by atoms with E-state index in [-0.39, 0.29) is 0 Å². The molecule has 0 aliphatic heterocycles. The standard InChI is InChI=1S/C12H16O/c1-9-3-4-11-8-12(13-2)6-5-10(11)7-9/h5-6,8-9H,3-4,7H2,1-2H3/t9-/m0/s1. The maximum Gasteiger partial charge on any atom is 0.119 e. The first-order chi connectivity index (χ1) is 6.29. The van der Waals surface area contributed by atoms with Gasteiger partial charge in [0, 0.05) is 0 Å². The third-order valence-corrected chi connectivity index (χ3v) is 2.89. The Morgan fingerprint density at radius 3 is 2.92 bits per heavy atom. The maximum absolute atomic E-state index is 5.21. The molecule has 0 fully saturated rings. The summed E-state index contributed by atoms with van der Waals surface area (Å²) in [7, 11) is 1.73. The van der Waals surface area contributed by atoms with Gasteiger partial charge in [-0.2, -0.15) is 0 Å². The number of hydrogen-bond acceptors (Lipinski definition) is 1. The first-order valence-corrected chi connectivity index (χ1v) is 4.95. The van der Waals surface area contributed by atoms with E-state index in [1.54, 1.807) is 7.11 Å². The summed E-state index contributed by atoms with van der Waals surface area (Å²) in [6.45, 7) is 2.33. The molecule has 1 atom stereocenters. The molecule has 0 N–H and O–H groups in total. The average Bonchev–Trinajstić information content (AvgIpc) is 2.17. The first kappa shape index (κ1) is 8.61. The van der Waals surface area contributed by atoms with Crippen LogP contribution < -0.4 is 4.74 Å². The molecule has 0 heterocycles. The van der Waals surface area contributed by atoms with Gasteiger partial charge in [-0.15, -0.1) is 0 Å². The second-order valence-electron chi connectivity index (χ2n) is 3.98. The van der Waals surface area contributed by atoms with E-state index >= 15 is 0 Å². The Labute approximate surface area is 79.7 Å². The van der Waals surface area contributed by atoms with Crippen LogP contribution >= 0.6 is 0 Å². The zero-order valence-electron chi connectivity index (χ0n) is 8.34. The lowest BCUT2D eigenvalue weighted by Crippen LogP contribution is -2.10. The molecule has 0 aromatic heterocycles. The van der Waals surface area contributed by atoms with Crippen molar-refractivity contribution < 1.29 is 4.74 Å². The highest BCUT2D eigenvalue weighted by atomic mass is 16.5. The zero-order chi connectivity index (χ0) is 9.26. The van der Waals surface area contributed by atoms with Crippen LogP contribution in [0.5, 0.6) is 5.75 Å². The monoisotopic (exact) mass is 176 g/mol. The van der Waals surface area contributed by atoms with E-state index in [9.17, 15) is 0 Å². The summed E-state index contributed by atoms with van der Waals surface area (Å²) in [4.78, 5) is 0. The van der Waals surface area contributed by atoms with Gasteiger partial charge in [0.1, 0.15) is 5.75 Å². The molecule has 13 heavy (non-hydrogen) atoms. The van der Waals surface area contributed by atoms with E-state index in [0.717, 1.165) is 11.7 Å². The lowest BCUT2D eigenvalue weighted by molar-refractivity contribution is 0.412. The molecule has 0 saturated heterocycles. The predicted molar refractivity (Wildman–Crippen MR) is 54.2 cm³/mol. The molecule has 0 amide bonds. The Kier molecular flexibility index (Phi) is 2.26. The number of fused-ring (bicyclic) bond motifs is 1. The minimum Gasteiger partial charge on any atom is -0.497 e. The summed E-state index contributed by atoms with van der Waals surface area (Å²) in [6, 6.07) is 6.46. The largest absolute Gasteiger partial charge is 0.497 e. The summed E-state index contributed by atoms with van der Waals surface area (Å²) >= 11 is 0. The van der Waals surface area contributed by atoms with Gasteiger partial charge in [0.15, 0.2) is 0 Å². The van der Waals surface area contributed by atoms with Crippen molar-refractivity contribution >= 4 is 0 Å². The predicted octanol–water partition coefficient (Wildman–Crippen LogP) is 2.82. The molecule has 1 heteroatoms. The fourth-order valence-electron chi connectivity index (χ4n) is 2.04. The van der Waals surface area contributed by atoms with Crippen molar-refractivity contribution in [3.8, 4) is 5.75 Å². The second kappa shape index (κ2) is 3.41. The van der Waals surface area contributed by atoms with Crippen LogP contribution in [0.2, 0.25) is 0 Å². The van der Waals surface area contributed by atoms with E-state index in [1.165, 1.54) is 30.4 Å². The fraction of sp³-hybridized carbons (Fsp3) is 0.500. The molecule has 0 radical (unpaired) electrons. The van der Waals surface area contributed by atoms with Gasteiger partial charge in [-0.1, -0.05) is 13.0 Å². The summed E-state index contributed by atoms with van der Waals surface area (Å²) < 4.78 is 5.21. The maximum atomic E-state index is 5.21. The van der Waals surface area contributed by atoms with Crippen LogP contribution in [0, 0.1) is 5.92 Å². The minimum absolute atomic E-state index is 0.848. The molecular weight excluding hydrogens is 160 g/mol. The quantitative estimate of drug-likeness (QED) is 0.639. The van der Waals surface area contributed by atoms with Crippen molar-refractivity contribution in [3.05, 3.63) is 29.3 Å². The van der Waals surface area contributed by atoms with Crippen molar-refractivity contribution in [2.75, 3.05) is 7.11 Å². The van der Waals surface area contributed by atoms with Gasteiger partial charge in [0.25, 0.3) is 0 Å². The number of methoxy groups -OCH3 is 1. The summed E-state index contributed by atoms with van der Waals surface area (Å²) in [5.74, 6) is 1.84. The van der Waals surface area contributed by atoms with Gasteiger partial charge < -0.3 is 4.74 Å². The van der Waals surface area contributed by atoms with Crippen molar-refractivity contribution in [1.82, 2.24) is 0 Å². The third-order valence-electron chi connectivity index (χ3n) is 2.89. The molecular formula is C12H16O. The van der Waals surface area contributed by atoms with Crippen molar-refractivity contribution in [3.63, 3.8) is 0 Å². The number of ether oxygens (including phenoxy) is 1. The fourth-order valence-corrected chi connectivity index (χ4v) is 2.04. The highest BCUT2D eigenvalue weighted by Crippen LogP contribution is 2.27. The highest BCUT2D eigenvalue weighted by Gasteiger charge is 2.14. The summed E-state index contributed by atoms with van der Waals surface area (Å²) in [6.07, 6.45) is 3.77. The van der Waals surface area contributed by atoms with Gasteiger partial charge in [-0.3, -0.25) is 0 Å². The van der Waals surface area contributed by atoms with Gasteiger partial charge >= 0.3 is 0 Å². The van der Waals surface area contributed by atoms with E-state index < -0.39 is 0 Å². The molecule has 0 saturated carbocycles. The number of benzene rings is 1. The van der Waals surface area contributed by atoms with Gasteiger partial charge in [-0.05, 0) is 48.4 Å². The van der Waals surface area contributed by atoms with E-state index in [0.29, 0.717) is 0 Å². The van der Waals surface area contributed by atoms with Crippen LogP contribution in [-0.2, 0) is 12.8 Å². The smallest absolute Gasteiger partial charge is 0.119 e. The van der Waals surface area contributed by atoms with Crippen molar-refractivity contribution in [1.29, 1.82) is 0 Å². The van der Waals surface area contributed by atoms with Crippen LogP contribution in [0.4, 0.5) is 0 Å². The Balaban J connectivity index is 2.31. The molecule has 70 valence electrons. The lowest BCUT2D eigenvalue weighted by Gasteiger charge is -2.21. The van der Waals surface area contributed by atoms with E-state index in [2.05, 4.69) is 25.1 Å². The van der Waals surface area contributed by atoms with Crippen molar-refractivity contribution in [2.24, 2.45) is 5.92 Å². The molecule has 1 aromatic rings. The van der Waals surface area contributed by atoms with E-state index in [4.69, 9.17) is 4.74 Å². The molecule has 0 spiro atoms.